The number of rotatable bonds is 4. The molecule has 1 aromatic heterocycles. The van der Waals surface area contributed by atoms with Gasteiger partial charge in [-0.25, -0.2) is 4.98 Å². The van der Waals surface area contributed by atoms with Gasteiger partial charge in [-0.15, -0.1) is 11.3 Å². The first-order valence-corrected chi connectivity index (χ1v) is 7.16. The van der Waals surface area contributed by atoms with Gasteiger partial charge in [-0.2, -0.15) is 0 Å². The molecule has 0 aliphatic heterocycles. The monoisotopic (exact) mass is 257 g/mol. The van der Waals surface area contributed by atoms with E-state index in [-0.39, 0.29) is 5.41 Å². The third-order valence-corrected chi connectivity index (χ3v) is 4.64. The van der Waals surface area contributed by atoms with Crippen LogP contribution in [0.2, 0.25) is 0 Å². The van der Waals surface area contributed by atoms with E-state index >= 15 is 0 Å². The van der Waals surface area contributed by atoms with Gasteiger partial charge >= 0.3 is 0 Å². The van der Waals surface area contributed by atoms with E-state index in [1.165, 1.54) is 5.56 Å². The van der Waals surface area contributed by atoms with Crippen molar-refractivity contribution in [2.75, 3.05) is 0 Å². The summed E-state index contributed by atoms with van der Waals surface area (Å²) in [5, 5.41) is 2.86. The van der Waals surface area contributed by atoms with Gasteiger partial charge in [-0.1, -0.05) is 36.8 Å². The summed E-state index contributed by atoms with van der Waals surface area (Å²) in [6, 6.07) is 10.2. The molecule has 1 saturated carbocycles. The number of ketones is 1. The molecule has 0 amide bonds. The van der Waals surface area contributed by atoms with Gasteiger partial charge in [0.15, 0.2) is 0 Å². The number of carbonyl (C=O) groups is 1. The van der Waals surface area contributed by atoms with Gasteiger partial charge in [-0.05, 0) is 18.4 Å². The van der Waals surface area contributed by atoms with E-state index in [0.717, 1.165) is 24.3 Å². The molecule has 0 radical (unpaired) electrons. The molecule has 1 aliphatic rings. The first-order chi connectivity index (χ1) is 8.81. The van der Waals surface area contributed by atoms with Gasteiger partial charge in [0.25, 0.3) is 0 Å². The second kappa shape index (κ2) is 4.65. The Morgan fingerprint density at radius 1 is 1.28 bits per heavy atom. The zero-order valence-electron chi connectivity index (χ0n) is 10.1. The van der Waals surface area contributed by atoms with Crippen molar-refractivity contribution in [1.82, 2.24) is 4.98 Å². The molecule has 0 saturated heterocycles. The third-order valence-electron chi connectivity index (χ3n) is 3.86. The molecule has 1 aromatic carbocycles. The molecular weight excluding hydrogens is 242 g/mol. The van der Waals surface area contributed by atoms with Gasteiger partial charge in [-0.3, -0.25) is 4.79 Å². The minimum atomic E-state index is -0.229. The van der Waals surface area contributed by atoms with Crippen molar-refractivity contribution in [2.45, 2.75) is 31.1 Å². The van der Waals surface area contributed by atoms with E-state index < -0.39 is 0 Å². The second-order valence-electron chi connectivity index (χ2n) is 4.83. The first kappa shape index (κ1) is 11.6. The number of carbonyl (C=O) groups excluding carboxylic acids is 1. The fourth-order valence-electron chi connectivity index (χ4n) is 2.66. The zero-order chi connectivity index (χ0) is 12.4. The van der Waals surface area contributed by atoms with Gasteiger partial charge in [0.1, 0.15) is 5.78 Å². The molecule has 0 unspecified atom stereocenters. The van der Waals surface area contributed by atoms with Crippen LogP contribution in [0, 0.1) is 0 Å². The molecule has 3 rings (SSSR count). The molecule has 18 heavy (non-hydrogen) atoms. The van der Waals surface area contributed by atoms with E-state index in [4.69, 9.17) is 0 Å². The van der Waals surface area contributed by atoms with Crippen molar-refractivity contribution in [3.63, 3.8) is 0 Å². The van der Waals surface area contributed by atoms with Crippen LogP contribution in [0.15, 0.2) is 41.9 Å². The number of thiazole rings is 1. The zero-order valence-corrected chi connectivity index (χ0v) is 11.0. The summed E-state index contributed by atoms with van der Waals surface area (Å²) >= 11 is 1.57. The van der Waals surface area contributed by atoms with Crippen molar-refractivity contribution in [2.24, 2.45) is 0 Å². The fraction of sp³-hybridized carbons (Fsp3) is 0.333. The van der Waals surface area contributed by atoms with Crippen LogP contribution >= 0.6 is 11.3 Å². The molecule has 3 heteroatoms. The highest BCUT2D eigenvalue weighted by molar-refractivity contribution is 7.09. The first-order valence-electron chi connectivity index (χ1n) is 6.28. The summed E-state index contributed by atoms with van der Waals surface area (Å²) in [4.78, 5) is 16.8. The number of hydrogen-bond donors (Lipinski definition) is 0. The molecule has 2 aromatic rings. The van der Waals surface area contributed by atoms with E-state index in [9.17, 15) is 4.79 Å². The quantitative estimate of drug-likeness (QED) is 0.840. The summed E-state index contributed by atoms with van der Waals surface area (Å²) in [5.41, 5.74) is 0.949. The Morgan fingerprint density at radius 2 is 2.06 bits per heavy atom. The average molecular weight is 257 g/mol. The number of nitrogens with zero attached hydrogens (tertiary/aromatic N) is 1. The second-order valence-corrected chi connectivity index (χ2v) is 5.81. The number of Topliss-reactive ketones (excluding diaryl/α,β-unsaturated/α-hetero) is 1. The largest absolute Gasteiger partial charge is 0.298 e. The number of benzene rings is 1. The third kappa shape index (κ3) is 1.89. The Morgan fingerprint density at radius 3 is 2.61 bits per heavy atom. The van der Waals surface area contributed by atoms with Crippen LogP contribution in [0.4, 0.5) is 0 Å². The predicted molar refractivity (Wildman–Crippen MR) is 72.8 cm³/mol. The van der Waals surface area contributed by atoms with Gasteiger partial charge in [0.2, 0.25) is 0 Å². The van der Waals surface area contributed by atoms with Crippen LogP contribution in [0.5, 0.6) is 0 Å². The highest BCUT2D eigenvalue weighted by Crippen LogP contribution is 2.45. The van der Waals surface area contributed by atoms with E-state index in [1.54, 1.807) is 17.5 Å². The summed E-state index contributed by atoms with van der Waals surface area (Å²) in [7, 11) is 0. The van der Waals surface area contributed by atoms with Crippen molar-refractivity contribution in [3.8, 4) is 0 Å². The van der Waals surface area contributed by atoms with Gasteiger partial charge < -0.3 is 0 Å². The molecule has 2 nitrogen and oxygen atoms in total. The van der Waals surface area contributed by atoms with Crippen molar-refractivity contribution < 1.29 is 4.79 Å². The highest BCUT2D eigenvalue weighted by Gasteiger charge is 2.44. The van der Waals surface area contributed by atoms with Crippen LogP contribution < -0.4 is 0 Å². The maximum atomic E-state index is 12.6. The molecule has 0 N–H and O–H groups in total. The fourth-order valence-corrected chi connectivity index (χ4v) is 3.28. The molecule has 0 spiro atoms. The average Bonchev–Trinajstić information content (AvgIpc) is 2.82. The molecule has 0 bridgehead atoms. The van der Waals surface area contributed by atoms with Crippen molar-refractivity contribution in [3.05, 3.63) is 52.5 Å². The van der Waals surface area contributed by atoms with Gasteiger partial charge in [0, 0.05) is 11.6 Å². The molecule has 1 fully saturated rings. The van der Waals surface area contributed by atoms with Crippen molar-refractivity contribution in [1.29, 1.82) is 0 Å². The minimum Gasteiger partial charge on any atom is -0.298 e. The molecule has 92 valence electrons. The Bertz CT molecular complexity index is 529. The lowest BCUT2D eigenvalue weighted by molar-refractivity contribution is -0.127. The molecule has 1 aliphatic carbocycles. The van der Waals surface area contributed by atoms with Crippen LogP contribution in [-0.4, -0.2) is 10.8 Å². The maximum Gasteiger partial charge on any atom is 0.150 e. The topological polar surface area (TPSA) is 30.0 Å². The maximum absolute atomic E-state index is 12.6. The molecule has 0 atom stereocenters. The Balaban J connectivity index is 1.86. The number of aromatic nitrogens is 1. The van der Waals surface area contributed by atoms with Crippen LogP contribution in [0.1, 0.15) is 29.8 Å². The Kier molecular flexibility index (Phi) is 3.00. The lowest BCUT2D eigenvalue weighted by Gasteiger charge is -2.40. The van der Waals surface area contributed by atoms with E-state index in [2.05, 4.69) is 17.1 Å². The molecule has 1 heterocycles. The van der Waals surface area contributed by atoms with Crippen LogP contribution in [0.3, 0.4) is 0 Å². The Hall–Kier alpha value is -1.48. The Labute approximate surface area is 111 Å². The SMILES string of the molecule is O=C(Cc1nccs1)C1(c2ccccc2)CCC1. The van der Waals surface area contributed by atoms with Crippen molar-refractivity contribution >= 4 is 17.1 Å². The summed E-state index contributed by atoms with van der Waals surface area (Å²) in [6.07, 6.45) is 5.37. The van der Waals surface area contributed by atoms with E-state index in [0.29, 0.717) is 12.2 Å². The van der Waals surface area contributed by atoms with Gasteiger partial charge in [0.05, 0.1) is 16.8 Å². The van der Waals surface area contributed by atoms with E-state index in [1.807, 2.05) is 23.6 Å². The standard InChI is InChI=1S/C15H15NOS/c17-13(11-14-16-9-10-18-14)15(7-4-8-15)12-5-2-1-3-6-12/h1-3,5-6,9-10H,4,7-8,11H2. The highest BCUT2D eigenvalue weighted by atomic mass is 32.1. The summed E-state index contributed by atoms with van der Waals surface area (Å²) in [5.74, 6) is 0.329. The normalized spacial score (nSPS) is 17.1. The molecular formula is C15H15NOS. The summed E-state index contributed by atoms with van der Waals surface area (Å²) in [6.45, 7) is 0. The van der Waals surface area contributed by atoms with Crippen LogP contribution in [0.25, 0.3) is 0 Å². The minimum absolute atomic E-state index is 0.229. The van der Waals surface area contributed by atoms with Crippen LogP contribution in [-0.2, 0) is 16.6 Å². The lowest BCUT2D eigenvalue weighted by Crippen LogP contribution is -2.43. The number of hydrogen-bond acceptors (Lipinski definition) is 3. The predicted octanol–water partition coefficient (Wildman–Crippen LogP) is 3.38. The summed E-state index contributed by atoms with van der Waals surface area (Å²) < 4.78 is 0. The smallest absolute Gasteiger partial charge is 0.150 e. The lowest BCUT2D eigenvalue weighted by atomic mass is 9.61.